The van der Waals surface area contributed by atoms with Crippen molar-refractivity contribution in [2.24, 2.45) is 28.9 Å². The maximum absolute atomic E-state index is 13.1. The Balaban J connectivity index is 1.35. The van der Waals surface area contributed by atoms with Gasteiger partial charge in [-0.15, -0.1) is 0 Å². The van der Waals surface area contributed by atoms with E-state index >= 15 is 0 Å². The van der Waals surface area contributed by atoms with Gasteiger partial charge in [0.2, 0.25) is 5.91 Å². The molecule has 5 aliphatic rings. The maximum Gasteiger partial charge on any atom is 0.322 e. The van der Waals surface area contributed by atoms with Gasteiger partial charge in [-0.2, -0.15) is 0 Å². The molecule has 0 spiro atoms. The molecule has 1 aliphatic heterocycles. The van der Waals surface area contributed by atoms with Gasteiger partial charge in [-0.1, -0.05) is 18.2 Å². The fourth-order valence-corrected chi connectivity index (χ4v) is 6.53. The minimum atomic E-state index is -0.296. The topological polar surface area (TPSA) is 75.4 Å². The number of hydrogen-bond donors (Lipinski definition) is 2. The van der Waals surface area contributed by atoms with E-state index in [2.05, 4.69) is 11.4 Å². The standard InChI is InChI=1S/C21H27N3O2/c22-19(25)21-10-13-8-15(11-21)18(16(9-13)12-21)23-20(26)24-7-3-5-14-4-1-2-6-17(14)24/h1-2,4,6,13,15-16,18H,3,5,7-12H2,(H2,22,25)(H,23,26). The smallest absolute Gasteiger partial charge is 0.322 e. The van der Waals surface area contributed by atoms with Crippen molar-refractivity contribution in [2.45, 2.75) is 51.0 Å². The predicted octanol–water partition coefficient (Wildman–Crippen LogP) is 2.83. The molecule has 0 aromatic heterocycles. The van der Waals surface area contributed by atoms with Crippen molar-refractivity contribution in [2.75, 3.05) is 11.4 Å². The summed E-state index contributed by atoms with van der Waals surface area (Å²) in [7, 11) is 0. The second-order valence-corrected chi connectivity index (χ2v) is 8.97. The molecule has 5 nitrogen and oxygen atoms in total. The molecule has 0 radical (unpaired) electrons. The molecule has 26 heavy (non-hydrogen) atoms. The van der Waals surface area contributed by atoms with E-state index in [0.717, 1.165) is 57.2 Å². The van der Waals surface area contributed by atoms with Gasteiger partial charge >= 0.3 is 6.03 Å². The van der Waals surface area contributed by atoms with E-state index in [1.807, 2.05) is 23.1 Å². The Morgan fingerprint density at radius 3 is 2.58 bits per heavy atom. The Morgan fingerprint density at radius 1 is 1.12 bits per heavy atom. The van der Waals surface area contributed by atoms with E-state index < -0.39 is 0 Å². The molecule has 1 aromatic carbocycles. The summed E-state index contributed by atoms with van der Waals surface area (Å²) in [6.45, 7) is 0.777. The first-order chi connectivity index (χ1) is 12.6. The summed E-state index contributed by atoms with van der Waals surface area (Å²) >= 11 is 0. The molecule has 3 amide bonds. The Kier molecular flexibility index (Phi) is 3.56. The number of nitrogens with one attached hydrogen (secondary N) is 1. The number of para-hydroxylation sites is 1. The van der Waals surface area contributed by atoms with Gasteiger partial charge in [0.25, 0.3) is 0 Å². The van der Waals surface area contributed by atoms with Gasteiger partial charge in [0, 0.05) is 23.7 Å². The highest BCUT2D eigenvalue weighted by molar-refractivity contribution is 5.93. The molecule has 2 atom stereocenters. The molecule has 4 fully saturated rings. The SMILES string of the molecule is NC(=O)C12CC3CC(C1)C(NC(=O)N1CCCc4ccccc41)C(C3)C2. The number of primary amides is 1. The highest BCUT2D eigenvalue weighted by atomic mass is 16.2. The van der Waals surface area contributed by atoms with Crippen LogP contribution in [0.4, 0.5) is 10.5 Å². The number of rotatable bonds is 2. The summed E-state index contributed by atoms with van der Waals surface area (Å²) in [5.74, 6) is 1.30. The van der Waals surface area contributed by atoms with Gasteiger partial charge < -0.3 is 11.1 Å². The van der Waals surface area contributed by atoms with E-state index in [-0.39, 0.29) is 23.4 Å². The van der Waals surface area contributed by atoms with Crippen LogP contribution in [0.1, 0.15) is 44.1 Å². The van der Waals surface area contributed by atoms with Crippen LogP contribution in [-0.4, -0.2) is 24.5 Å². The van der Waals surface area contributed by atoms with Gasteiger partial charge in [0.15, 0.2) is 0 Å². The average molecular weight is 353 g/mol. The molecule has 4 aliphatic carbocycles. The third-order valence-electron chi connectivity index (χ3n) is 7.44. The number of urea groups is 1. The average Bonchev–Trinajstić information content (AvgIpc) is 2.63. The molecule has 6 rings (SSSR count). The minimum absolute atomic E-state index is 0.0303. The highest BCUT2D eigenvalue weighted by Gasteiger charge is 2.58. The Labute approximate surface area is 154 Å². The number of nitrogens with zero attached hydrogens (tertiary/aromatic N) is 1. The molecule has 4 saturated carbocycles. The number of amides is 3. The Bertz CT molecular complexity index is 745. The normalized spacial score (nSPS) is 37.3. The number of carbonyl (C=O) groups is 2. The number of benzene rings is 1. The Morgan fingerprint density at radius 2 is 1.85 bits per heavy atom. The molecule has 1 aromatic rings. The second-order valence-electron chi connectivity index (χ2n) is 8.97. The number of anilines is 1. The molecule has 1 heterocycles. The van der Waals surface area contributed by atoms with Crippen LogP contribution in [0.15, 0.2) is 24.3 Å². The maximum atomic E-state index is 13.1. The Hall–Kier alpha value is -2.04. The molecule has 5 heteroatoms. The fraction of sp³-hybridized carbons (Fsp3) is 0.619. The van der Waals surface area contributed by atoms with Crippen LogP contribution in [0.3, 0.4) is 0 Å². The predicted molar refractivity (Wildman–Crippen MR) is 99.6 cm³/mol. The lowest BCUT2D eigenvalue weighted by atomic mass is 9.47. The molecular formula is C21H27N3O2. The lowest BCUT2D eigenvalue weighted by molar-refractivity contribution is -0.145. The van der Waals surface area contributed by atoms with Crippen LogP contribution in [-0.2, 0) is 11.2 Å². The molecular weight excluding hydrogens is 326 g/mol. The number of nitrogens with two attached hydrogens (primary N) is 1. The monoisotopic (exact) mass is 353 g/mol. The first kappa shape index (κ1) is 16.2. The first-order valence-corrected chi connectivity index (χ1v) is 10.0. The summed E-state index contributed by atoms with van der Waals surface area (Å²) in [6.07, 6.45) is 7.00. The lowest BCUT2D eigenvalue weighted by Crippen LogP contribution is -2.63. The van der Waals surface area contributed by atoms with Crippen LogP contribution < -0.4 is 16.0 Å². The second kappa shape index (κ2) is 5.73. The molecule has 2 unspecified atom stereocenters. The van der Waals surface area contributed by atoms with Gasteiger partial charge in [-0.05, 0) is 74.3 Å². The van der Waals surface area contributed by atoms with Crippen LogP contribution in [0, 0.1) is 23.2 Å². The van der Waals surface area contributed by atoms with Gasteiger partial charge in [0.05, 0.1) is 0 Å². The molecule has 3 N–H and O–H groups in total. The zero-order chi connectivity index (χ0) is 17.9. The molecule has 4 bridgehead atoms. The van der Waals surface area contributed by atoms with Crippen molar-refractivity contribution < 1.29 is 9.59 Å². The quantitative estimate of drug-likeness (QED) is 0.858. The minimum Gasteiger partial charge on any atom is -0.369 e. The van der Waals surface area contributed by atoms with E-state index in [1.54, 1.807) is 0 Å². The van der Waals surface area contributed by atoms with Crippen molar-refractivity contribution in [3.8, 4) is 0 Å². The van der Waals surface area contributed by atoms with Crippen molar-refractivity contribution >= 4 is 17.6 Å². The zero-order valence-corrected chi connectivity index (χ0v) is 15.1. The molecule has 138 valence electrons. The highest BCUT2D eigenvalue weighted by Crippen LogP contribution is 2.59. The van der Waals surface area contributed by atoms with E-state index in [1.165, 1.54) is 5.56 Å². The van der Waals surface area contributed by atoms with Crippen LogP contribution in [0.2, 0.25) is 0 Å². The van der Waals surface area contributed by atoms with Crippen molar-refractivity contribution in [3.05, 3.63) is 29.8 Å². The fourth-order valence-electron chi connectivity index (χ4n) is 6.53. The third kappa shape index (κ3) is 2.36. The van der Waals surface area contributed by atoms with Crippen molar-refractivity contribution in [3.63, 3.8) is 0 Å². The van der Waals surface area contributed by atoms with Crippen LogP contribution >= 0.6 is 0 Å². The van der Waals surface area contributed by atoms with Gasteiger partial charge in [-0.3, -0.25) is 9.69 Å². The van der Waals surface area contributed by atoms with Gasteiger partial charge in [-0.25, -0.2) is 4.79 Å². The van der Waals surface area contributed by atoms with E-state index in [4.69, 9.17) is 5.73 Å². The van der Waals surface area contributed by atoms with E-state index in [9.17, 15) is 9.59 Å². The van der Waals surface area contributed by atoms with Crippen molar-refractivity contribution in [1.29, 1.82) is 0 Å². The lowest BCUT2D eigenvalue weighted by Gasteiger charge is -2.59. The summed E-state index contributed by atoms with van der Waals surface area (Å²) in [4.78, 5) is 27.1. The van der Waals surface area contributed by atoms with Crippen LogP contribution in [0.25, 0.3) is 0 Å². The summed E-state index contributed by atoms with van der Waals surface area (Å²) in [6, 6.07) is 8.44. The summed E-state index contributed by atoms with van der Waals surface area (Å²) < 4.78 is 0. The zero-order valence-electron chi connectivity index (χ0n) is 15.1. The number of fused-ring (bicyclic) bond motifs is 1. The first-order valence-electron chi connectivity index (χ1n) is 10.0. The van der Waals surface area contributed by atoms with Crippen molar-refractivity contribution in [1.82, 2.24) is 5.32 Å². The largest absolute Gasteiger partial charge is 0.369 e. The summed E-state index contributed by atoms with van der Waals surface area (Å²) in [5, 5.41) is 3.36. The number of hydrogen-bond acceptors (Lipinski definition) is 2. The van der Waals surface area contributed by atoms with Gasteiger partial charge in [0.1, 0.15) is 0 Å². The summed E-state index contributed by atoms with van der Waals surface area (Å²) in [5.41, 5.74) is 7.78. The number of carbonyl (C=O) groups excluding carboxylic acids is 2. The molecule has 0 saturated heterocycles. The third-order valence-corrected chi connectivity index (χ3v) is 7.44. The van der Waals surface area contributed by atoms with Crippen LogP contribution in [0.5, 0.6) is 0 Å². The number of aryl methyl sites for hydroxylation is 1. The van der Waals surface area contributed by atoms with E-state index in [0.29, 0.717) is 17.8 Å².